The van der Waals surface area contributed by atoms with Crippen molar-refractivity contribution >= 4 is 33.4 Å². The lowest BCUT2D eigenvalue weighted by molar-refractivity contribution is -0.136. The number of carbonyl (C=O) groups excluding carboxylic acids is 2. The fourth-order valence-electron chi connectivity index (χ4n) is 1.20. The standard InChI is InChI=1S/C11H11BrN2O2/c12-7-1-3-8(4-2-7)13-10(15)11(16)14-9-5-6-9/h1-4,9H,5-6H2,(H,13,15)(H,14,16). The van der Waals surface area contributed by atoms with Gasteiger partial charge >= 0.3 is 11.8 Å². The zero-order chi connectivity index (χ0) is 11.5. The molecule has 0 radical (unpaired) electrons. The van der Waals surface area contributed by atoms with Crippen LogP contribution in [0.1, 0.15) is 12.8 Å². The van der Waals surface area contributed by atoms with Crippen LogP contribution in [0.2, 0.25) is 0 Å². The van der Waals surface area contributed by atoms with Crippen molar-refractivity contribution in [1.29, 1.82) is 0 Å². The molecule has 0 bridgehead atoms. The lowest BCUT2D eigenvalue weighted by atomic mass is 10.3. The van der Waals surface area contributed by atoms with Crippen LogP contribution in [0.3, 0.4) is 0 Å². The number of hydrogen-bond acceptors (Lipinski definition) is 2. The van der Waals surface area contributed by atoms with Crippen molar-refractivity contribution in [2.24, 2.45) is 0 Å². The Hall–Kier alpha value is -1.36. The third-order valence-corrected chi connectivity index (χ3v) is 2.75. The number of nitrogens with one attached hydrogen (secondary N) is 2. The van der Waals surface area contributed by atoms with Gasteiger partial charge in [-0.15, -0.1) is 0 Å². The Morgan fingerprint density at radius 2 is 1.75 bits per heavy atom. The zero-order valence-corrected chi connectivity index (χ0v) is 10.1. The minimum atomic E-state index is -0.616. The van der Waals surface area contributed by atoms with Crippen LogP contribution in [-0.2, 0) is 9.59 Å². The highest BCUT2D eigenvalue weighted by atomic mass is 79.9. The number of amides is 2. The molecule has 0 unspecified atom stereocenters. The molecule has 0 heterocycles. The van der Waals surface area contributed by atoms with Crippen molar-refractivity contribution in [3.63, 3.8) is 0 Å². The summed E-state index contributed by atoms with van der Waals surface area (Å²) in [5.41, 5.74) is 0.610. The Bertz CT molecular complexity index is 412. The van der Waals surface area contributed by atoms with Crippen LogP contribution in [0.15, 0.2) is 28.7 Å². The molecule has 2 N–H and O–H groups in total. The zero-order valence-electron chi connectivity index (χ0n) is 8.50. The molecule has 4 nitrogen and oxygen atoms in total. The second-order valence-corrected chi connectivity index (χ2v) is 4.62. The van der Waals surface area contributed by atoms with E-state index in [0.29, 0.717) is 5.69 Å². The molecule has 1 fully saturated rings. The second-order valence-electron chi connectivity index (χ2n) is 3.71. The van der Waals surface area contributed by atoms with Gasteiger partial charge in [0, 0.05) is 16.2 Å². The molecule has 0 atom stereocenters. The van der Waals surface area contributed by atoms with Crippen LogP contribution in [0.5, 0.6) is 0 Å². The van der Waals surface area contributed by atoms with Crippen molar-refractivity contribution in [3.8, 4) is 0 Å². The highest BCUT2D eigenvalue weighted by Crippen LogP contribution is 2.18. The Balaban J connectivity index is 1.90. The summed E-state index contributed by atoms with van der Waals surface area (Å²) in [5.74, 6) is -1.18. The molecule has 2 rings (SSSR count). The van der Waals surface area contributed by atoms with E-state index in [2.05, 4.69) is 26.6 Å². The lowest BCUT2D eigenvalue weighted by Gasteiger charge is -2.05. The predicted molar refractivity (Wildman–Crippen MR) is 63.9 cm³/mol. The topological polar surface area (TPSA) is 58.2 Å². The van der Waals surface area contributed by atoms with Crippen molar-refractivity contribution in [2.75, 3.05) is 5.32 Å². The largest absolute Gasteiger partial charge is 0.345 e. The Morgan fingerprint density at radius 3 is 2.31 bits per heavy atom. The summed E-state index contributed by atoms with van der Waals surface area (Å²) in [5, 5.41) is 5.16. The first-order valence-electron chi connectivity index (χ1n) is 5.02. The van der Waals surface area contributed by atoms with Crippen molar-refractivity contribution in [1.82, 2.24) is 5.32 Å². The first kappa shape index (κ1) is 11.1. The van der Waals surface area contributed by atoms with Crippen LogP contribution in [0.4, 0.5) is 5.69 Å². The van der Waals surface area contributed by atoms with E-state index in [9.17, 15) is 9.59 Å². The fourth-order valence-corrected chi connectivity index (χ4v) is 1.46. The SMILES string of the molecule is O=C(Nc1ccc(Br)cc1)C(=O)NC1CC1. The summed E-state index contributed by atoms with van der Waals surface area (Å²) in [6, 6.07) is 7.25. The average Bonchev–Trinajstić information content (AvgIpc) is 3.05. The van der Waals surface area contributed by atoms with Gasteiger partial charge in [0.05, 0.1) is 0 Å². The molecule has 0 spiro atoms. The Labute approximate surface area is 102 Å². The van der Waals surface area contributed by atoms with Crippen molar-refractivity contribution in [2.45, 2.75) is 18.9 Å². The van der Waals surface area contributed by atoms with Gasteiger partial charge in [0.25, 0.3) is 0 Å². The Morgan fingerprint density at radius 1 is 1.12 bits per heavy atom. The van der Waals surface area contributed by atoms with E-state index in [4.69, 9.17) is 0 Å². The first-order chi connectivity index (χ1) is 7.65. The number of halogens is 1. The van der Waals surface area contributed by atoms with Crippen LogP contribution in [0.25, 0.3) is 0 Å². The summed E-state index contributed by atoms with van der Waals surface area (Å²) in [6.45, 7) is 0. The van der Waals surface area contributed by atoms with Gasteiger partial charge in [0.15, 0.2) is 0 Å². The minimum absolute atomic E-state index is 0.197. The molecular weight excluding hydrogens is 272 g/mol. The predicted octanol–water partition coefficient (Wildman–Crippen LogP) is 1.67. The first-order valence-corrected chi connectivity index (χ1v) is 5.82. The molecule has 1 aromatic carbocycles. The van der Waals surface area contributed by atoms with E-state index in [1.165, 1.54) is 0 Å². The van der Waals surface area contributed by atoms with Crippen LogP contribution in [0, 0.1) is 0 Å². The second kappa shape index (κ2) is 4.65. The Kier molecular flexibility index (Phi) is 3.24. The van der Waals surface area contributed by atoms with Gasteiger partial charge in [0.1, 0.15) is 0 Å². The molecular formula is C11H11BrN2O2. The number of benzene rings is 1. The monoisotopic (exact) mass is 282 g/mol. The maximum absolute atomic E-state index is 11.4. The third kappa shape index (κ3) is 3.06. The maximum Gasteiger partial charge on any atom is 0.313 e. The molecule has 1 aliphatic carbocycles. The number of anilines is 1. The number of rotatable bonds is 2. The molecule has 0 saturated heterocycles. The fraction of sp³-hybridized carbons (Fsp3) is 0.273. The third-order valence-electron chi connectivity index (χ3n) is 2.22. The van der Waals surface area contributed by atoms with E-state index >= 15 is 0 Å². The van der Waals surface area contributed by atoms with Crippen LogP contribution < -0.4 is 10.6 Å². The highest BCUT2D eigenvalue weighted by Gasteiger charge is 2.26. The van der Waals surface area contributed by atoms with E-state index in [1.807, 2.05) is 0 Å². The molecule has 2 amide bonds. The van der Waals surface area contributed by atoms with Crippen molar-refractivity contribution < 1.29 is 9.59 Å². The van der Waals surface area contributed by atoms with E-state index in [-0.39, 0.29) is 6.04 Å². The molecule has 5 heteroatoms. The van der Waals surface area contributed by atoms with Gasteiger partial charge in [-0.25, -0.2) is 0 Å². The molecule has 0 aromatic heterocycles. The molecule has 1 aromatic rings. The van der Waals surface area contributed by atoms with E-state index < -0.39 is 11.8 Å². The summed E-state index contributed by atoms with van der Waals surface area (Å²) < 4.78 is 0.924. The molecule has 1 saturated carbocycles. The van der Waals surface area contributed by atoms with Gasteiger partial charge in [-0.3, -0.25) is 9.59 Å². The molecule has 1 aliphatic rings. The quantitative estimate of drug-likeness (QED) is 0.811. The summed E-state index contributed by atoms with van der Waals surface area (Å²) in [6.07, 6.45) is 1.94. The van der Waals surface area contributed by atoms with Gasteiger partial charge in [-0.05, 0) is 37.1 Å². The molecule has 84 valence electrons. The average molecular weight is 283 g/mol. The summed E-state index contributed by atoms with van der Waals surface area (Å²) in [7, 11) is 0. The van der Waals surface area contributed by atoms with Gasteiger partial charge in [-0.1, -0.05) is 15.9 Å². The van der Waals surface area contributed by atoms with Crippen LogP contribution in [-0.4, -0.2) is 17.9 Å². The summed E-state index contributed by atoms with van der Waals surface area (Å²) in [4.78, 5) is 22.8. The smallest absolute Gasteiger partial charge is 0.313 e. The number of hydrogen-bond donors (Lipinski definition) is 2. The molecule has 16 heavy (non-hydrogen) atoms. The number of carbonyl (C=O) groups is 2. The van der Waals surface area contributed by atoms with Crippen molar-refractivity contribution in [3.05, 3.63) is 28.7 Å². The van der Waals surface area contributed by atoms with Gasteiger partial charge in [-0.2, -0.15) is 0 Å². The highest BCUT2D eigenvalue weighted by molar-refractivity contribution is 9.10. The normalized spacial score (nSPS) is 14.3. The van der Waals surface area contributed by atoms with E-state index in [0.717, 1.165) is 17.3 Å². The summed E-state index contributed by atoms with van der Waals surface area (Å²) >= 11 is 3.29. The minimum Gasteiger partial charge on any atom is -0.345 e. The maximum atomic E-state index is 11.4. The lowest BCUT2D eigenvalue weighted by Crippen LogP contribution is -2.36. The van der Waals surface area contributed by atoms with Gasteiger partial charge in [0.2, 0.25) is 0 Å². The molecule has 0 aliphatic heterocycles. The van der Waals surface area contributed by atoms with E-state index in [1.54, 1.807) is 24.3 Å². The van der Waals surface area contributed by atoms with Gasteiger partial charge < -0.3 is 10.6 Å². The van der Waals surface area contributed by atoms with Crippen LogP contribution >= 0.6 is 15.9 Å².